The van der Waals surface area contributed by atoms with Crippen LogP contribution in [-0.4, -0.2) is 9.38 Å². The van der Waals surface area contributed by atoms with Crippen molar-refractivity contribution >= 4 is 56.6 Å². The van der Waals surface area contributed by atoms with Gasteiger partial charge in [-0.05, 0) is 54.8 Å². The van der Waals surface area contributed by atoms with E-state index in [4.69, 9.17) is 23.2 Å². The molecule has 0 saturated carbocycles. The highest BCUT2D eigenvalue weighted by Crippen LogP contribution is 2.23. The molecule has 6 heteroatoms. The van der Waals surface area contributed by atoms with Crippen molar-refractivity contribution in [2.45, 2.75) is 13.8 Å². The van der Waals surface area contributed by atoms with Crippen LogP contribution in [0.2, 0.25) is 10.0 Å². The number of hydrogen-bond acceptors (Lipinski definition) is 3. The maximum atomic E-state index is 12.8. The maximum Gasteiger partial charge on any atom is 0.274 e. The van der Waals surface area contributed by atoms with Crippen LogP contribution in [-0.2, 0) is 0 Å². The lowest BCUT2D eigenvalue weighted by atomic mass is 10.1. The van der Waals surface area contributed by atoms with E-state index in [0.717, 1.165) is 27.7 Å². The molecule has 2 aromatic carbocycles. The summed E-state index contributed by atoms with van der Waals surface area (Å²) in [5.41, 5.74) is 4.60. The fourth-order valence-corrected chi connectivity index (χ4v) is 4.30. The molecule has 0 N–H and O–H groups in total. The minimum absolute atomic E-state index is 0.0754. The number of benzene rings is 2. The molecule has 2 heterocycles. The number of imidazole rings is 1. The summed E-state index contributed by atoms with van der Waals surface area (Å²) in [4.78, 5) is 18.2. The van der Waals surface area contributed by atoms with Gasteiger partial charge in [0.25, 0.3) is 5.56 Å². The van der Waals surface area contributed by atoms with E-state index in [1.54, 1.807) is 28.7 Å². The van der Waals surface area contributed by atoms with Gasteiger partial charge < -0.3 is 0 Å². The fraction of sp³-hybridized carbons (Fsp3) is 0.111. The molecule has 0 amide bonds. The van der Waals surface area contributed by atoms with Crippen LogP contribution < -0.4 is 10.1 Å². The quantitative estimate of drug-likeness (QED) is 0.495. The molecule has 120 valence electrons. The Balaban J connectivity index is 2.03. The zero-order valence-corrected chi connectivity index (χ0v) is 15.3. The summed E-state index contributed by atoms with van der Waals surface area (Å²) in [6.45, 7) is 4.03. The molecule has 0 aliphatic carbocycles. The standard InChI is InChI=1S/C18H12Cl2N2OS/c1-9-5-10(2)16-14(6-9)22-17(23)15(24-18(22)21-16)7-11-3-4-12(19)8-13(11)20/h3-8H,1-2H3/b15-7-. The van der Waals surface area contributed by atoms with Crippen molar-refractivity contribution in [2.24, 2.45) is 0 Å². The second-order valence-corrected chi connectivity index (χ2v) is 7.61. The van der Waals surface area contributed by atoms with E-state index in [2.05, 4.69) is 11.1 Å². The van der Waals surface area contributed by atoms with Gasteiger partial charge in [0.2, 0.25) is 0 Å². The predicted molar refractivity (Wildman–Crippen MR) is 102 cm³/mol. The monoisotopic (exact) mass is 374 g/mol. The third-order valence-corrected chi connectivity index (χ3v) is 5.46. The van der Waals surface area contributed by atoms with E-state index in [-0.39, 0.29) is 5.56 Å². The molecule has 0 radical (unpaired) electrons. The molecule has 2 aromatic heterocycles. The molecule has 0 spiro atoms. The van der Waals surface area contributed by atoms with Gasteiger partial charge in [0.15, 0.2) is 4.96 Å². The molecule has 4 rings (SSSR count). The summed E-state index contributed by atoms with van der Waals surface area (Å²) in [6.07, 6.45) is 1.79. The highest BCUT2D eigenvalue weighted by atomic mass is 35.5. The SMILES string of the molecule is Cc1cc(C)c2nc3s/c(=C\c4ccc(Cl)cc4Cl)c(=O)n3c2c1. The lowest BCUT2D eigenvalue weighted by Gasteiger charge is -1.98. The Labute approximate surface area is 151 Å². The van der Waals surface area contributed by atoms with Crippen LogP contribution >= 0.6 is 34.5 Å². The molecule has 0 aliphatic rings. The Morgan fingerprint density at radius 2 is 1.96 bits per heavy atom. The Hall–Kier alpha value is -1.88. The zero-order chi connectivity index (χ0) is 17.0. The zero-order valence-electron chi connectivity index (χ0n) is 12.9. The fourth-order valence-electron chi connectivity index (χ4n) is 2.87. The average Bonchev–Trinajstić information content (AvgIpc) is 3.00. The number of fused-ring (bicyclic) bond motifs is 3. The molecule has 0 fully saturated rings. The third kappa shape index (κ3) is 2.42. The second kappa shape index (κ2) is 5.59. The first-order valence-corrected chi connectivity index (χ1v) is 8.90. The van der Waals surface area contributed by atoms with E-state index in [0.29, 0.717) is 19.5 Å². The first kappa shape index (κ1) is 15.6. The number of rotatable bonds is 1. The minimum atomic E-state index is -0.0754. The van der Waals surface area contributed by atoms with Gasteiger partial charge >= 0.3 is 0 Å². The molecule has 0 bridgehead atoms. The second-order valence-electron chi connectivity index (χ2n) is 5.76. The van der Waals surface area contributed by atoms with Crippen LogP contribution in [0.3, 0.4) is 0 Å². The van der Waals surface area contributed by atoms with Crippen molar-refractivity contribution in [3.05, 3.63) is 72.0 Å². The summed E-state index contributed by atoms with van der Waals surface area (Å²) >= 11 is 13.5. The summed E-state index contributed by atoms with van der Waals surface area (Å²) in [5, 5.41) is 1.09. The molecule has 0 atom stereocenters. The maximum absolute atomic E-state index is 12.8. The highest BCUT2D eigenvalue weighted by molar-refractivity contribution is 7.15. The minimum Gasteiger partial charge on any atom is -0.267 e. The molecule has 24 heavy (non-hydrogen) atoms. The van der Waals surface area contributed by atoms with Gasteiger partial charge in [-0.25, -0.2) is 9.38 Å². The number of aryl methyl sites for hydroxylation is 2. The number of aromatic nitrogens is 2. The summed E-state index contributed by atoms with van der Waals surface area (Å²) < 4.78 is 2.28. The lowest BCUT2D eigenvalue weighted by Crippen LogP contribution is -2.22. The Kier molecular flexibility index (Phi) is 3.64. The first-order chi connectivity index (χ1) is 11.4. The van der Waals surface area contributed by atoms with Gasteiger partial charge in [-0.2, -0.15) is 0 Å². The van der Waals surface area contributed by atoms with E-state index in [9.17, 15) is 4.79 Å². The molecule has 3 nitrogen and oxygen atoms in total. The van der Waals surface area contributed by atoms with Crippen LogP contribution in [0.25, 0.3) is 22.1 Å². The average molecular weight is 375 g/mol. The van der Waals surface area contributed by atoms with Gasteiger partial charge in [0.05, 0.1) is 15.6 Å². The van der Waals surface area contributed by atoms with Crippen LogP contribution in [0, 0.1) is 13.8 Å². The van der Waals surface area contributed by atoms with Crippen molar-refractivity contribution in [1.29, 1.82) is 0 Å². The van der Waals surface area contributed by atoms with Crippen LogP contribution in [0.4, 0.5) is 0 Å². The predicted octanol–water partition coefficient (Wildman–Crippen LogP) is 4.38. The van der Waals surface area contributed by atoms with Gasteiger partial charge in [-0.15, -0.1) is 0 Å². The summed E-state index contributed by atoms with van der Waals surface area (Å²) in [7, 11) is 0. The first-order valence-electron chi connectivity index (χ1n) is 7.33. The molecule has 0 unspecified atom stereocenters. The smallest absolute Gasteiger partial charge is 0.267 e. The summed E-state index contributed by atoms with van der Waals surface area (Å²) in [6, 6.07) is 9.30. The molecular formula is C18H12Cl2N2OS. The topological polar surface area (TPSA) is 34.4 Å². The van der Waals surface area contributed by atoms with Crippen molar-refractivity contribution in [3.8, 4) is 0 Å². The third-order valence-electron chi connectivity index (χ3n) is 3.93. The number of hydrogen-bond donors (Lipinski definition) is 0. The van der Waals surface area contributed by atoms with E-state index >= 15 is 0 Å². The van der Waals surface area contributed by atoms with Crippen molar-refractivity contribution < 1.29 is 0 Å². The van der Waals surface area contributed by atoms with E-state index in [1.165, 1.54) is 11.3 Å². The van der Waals surface area contributed by atoms with Gasteiger partial charge in [-0.3, -0.25) is 4.79 Å². The van der Waals surface area contributed by atoms with Crippen molar-refractivity contribution in [2.75, 3.05) is 0 Å². The van der Waals surface area contributed by atoms with E-state index in [1.807, 2.05) is 19.9 Å². The van der Waals surface area contributed by atoms with Crippen molar-refractivity contribution in [1.82, 2.24) is 9.38 Å². The Morgan fingerprint density at radius 1 is 1.17 bits per heavy atom. The lowest BCUT2D eigenvalue weighted by molar-refractivity contribution is 1.18. The van der Waals surface area contributed by atoms with Gasteiger partial charge in [0, 0.05) is 10.0 Å². The highest BCUT2D eigenvalue weighted by Gasteiger charge is 2.13. The van der Waals surface area contributed by atoms with Crippen LogP contribution in [0.5, 0.6) is 0 Å². The Morgan fingerprint density at radius 3 is 2.71 bits per heavy atom. The molecule has 0 aliphatic heterocycles. The number of nitrogens with zero attached hydrogens (tertiary/aromatic N) is 2. The van der Waals surface area contributed by atoms with Gasteiger partial charge in [-0.1, -0.05) is 46.7 Å². The number of thiazole rings is 1. The largest absolute Gasteiger partial charge is 0.274 e. The van der Waals surface area contributed by atoms with E-state index < -0.39 is 0 Å². The molecular weight excluding hydrogens is 363 g/mol. The summed E-state index contributed by atoms with van der Waals surface area (Å²) in [5.74, 6) is 0. The Bertz CT molecular complexity index is 1220. The van der Waals surface area contributed by atoms with Crippen molar-refractivity contribution in [3.63, 3.8) is 0 Å². The van der Waals surface area contributed by atoms with Gasteiger partial charge in [0.1, 0.15) is 0 Å². The molecule has 4 aromatic rings. The number of halogens is 2. The molecule has 0 saturated heterocycles. The van der Waals surface area contributed by atoms with Crippen LogP contribution in [0.1, 0.15) is 16.7 Å². The normalized spacial score (nSPS) is 12.6. The van der Waals surface area contributed by atoms with Crippen LogP contribution in [0.15, 0.2) is 35.1 Å².